The van der Waals surface area contributed by atoms with E-state index in [1.807, 2.05) is 47.6 Å². The van der Waals surface area contributed by atoms with Gasteiger partial charge in [-0.3, -0.25) is 0 Å². The lowest BCUT2D eigenvalue weighted by molar-refractivity contribution is 0.0679. The van der Waals surface area contributed by atoms with Crippen molar-refractivity contribution in [2.24, 2.45) is 0 Å². The molecule has 1 rings (SSSR count). The number of hydrogen-bond acceptors (Lipinski definition) is 2. The Labute approximate surface area is 126 Å². The van der Waals surface area contributed by atoms with Gasteiger partial charge in [-0.05, 0) is 32.3 Å². The molecule has 0 bridgehead atoms. The molecule has 3 radical (unpaired) electrons. The second-order valence-electron chi connectivity index (χ2n) is 6.45. The van der Waals surface area contributed by atoms with Gasteiger partial charge in [-0.15, -0.1) is 0 Å². The normalized spacial score (nSPS) is 11.7. The largest absolute Gasteiger partial charge is 0.487 e. The number of carbonyl (C=O) groups is 1. The molecule has 0 atom stereocenters. The van der Waals surface area contributed by atoms with Gasteiger partial charge in [-0.25, -0.2) is 4.79 Å². The van der Waals surface area contributed by atoms with Gasteiger partial charge in [0.05, 0.1) is 0 Å². The van der Waals surface area contributed by atoms with E-state index in [2.05, 4.69) is 0 Å². The monoisotopic (exact) mass is 277 g/mol. The molecule has 1 N–H and O–H groups in total. The number of carboxylic acid groups (broad SMARTS) is 1. The van der Waals surface area contributed by atoms with Gasteiger partial charge in [0.2, 0.25) is 0 Å². The maximum absolute atomic E-state index is 11.3. The summed E-state index contributed by atoms with van der Waals surface area (Å²) in [5.41, 5.74) is 0.548. The van der Waals surface area contributed by atoms with Crippen LogP contribution < -0.4 is 4.74 Å². The van der Waals surface area contributed by atoms with Gasteiger partial charge in [0, 0.05) is 22.9 Å². The minimum absolute atomic E-state index is 0. The number of carboxylic acids is 1. The molecule has 0 aliphatic heterocycles. The number of aromatic carboxylic acids is 1. The first kappa shape index (κ1) is 18.0. The van der Waals surface area contributed by atoms with Gasteiger partial charge < -0.3 is 9.84 Å². The lowest BCUT2D eigenvalue weighted by Crippen LogP contribution is -2.27. The Morgan fingerprint density at radius 1 is 1.11 bits per heavy atom. The zero-order valence-electron chi connectivity index (χ0n) is 12.6. The SMILES string of the molecule is CC(C)(C)Oc1c(C(=O)O)cccc1C(C)(C)C.[Al]. The molecule has 0 aromatic heterocycles. The summed E-state index contributed by atoms with van der Waals surface area (Å²) in [7, 11) is 0. The summed E-state index contributed by atoms with van der Waals surface area (Å²) < 4.78 is 5.87. The first-order valence-corrected chi connectivity index (χ1v) is 6.08. The minimum atomic E-state index is -0.958. The number of ether oxygens (including phenoxy) is 1. The summed E-state index contributed by atoms with van der Waals surface area (Å²) in [6.45, 7) is 11.9. The van der Waals surface area contributed by atoms with Gasteiger partial charge >= 0.3 is 5.97 Å². The Bertz CT molecular complexity index is 453. The molecular formula is C15H22AlO3. The zero-order chi connectivity index (χ0) is 14.1. The highest BCUT2D eigenvalue weighted by atomic mass is 27.0. The maximum atomic E-state index is 11.3. The molecule has 0 unspecified atom stereocenters. The summed E-state index contributed by atoms with van der Waals surface area (Å²) in [4.78, 5) is 11.3. The van der Waals surface area contributed by atoms with Crippen molar-refractivity contribution in [3.63, 3.8) is 0 Å². The van der Waals surface area contributed by atoms with Crippen LogP contribution in [0.4, 0.5) is 0 Å². The summed E-state index contributed by atoms with van der Waals surface area (Å²) in [6.07, 6.45) is 0. The van der Waals surface area contributed by atoms with Crippen LogP contribution in [0.3, 0.4) is 0 Å². The average Bonchev–Trinajstić information content (AvgIpc) is 2.13. The Morgan fingerprint density at radius 3 is 2.00 bits per heavy atom. The lowest BCUT2D eigenvalue weighted by Gasteiger charge is -2.29. The fraction of sp³-hybridized carbons (Fsp3) is 0.533. The number of benzene rings is 1. The highest BCUT2D eigenvalue weighted by Gasteiger charge is 2.26. The van der Waals surface area contributed by atoms with Gasteiger partial charge in [0.25, 0.3) is 0 Å². The molecule has 0 amide bonds. The first-order valence-electron chi connectivity index (χ1n) is 6.08. The van der Waals surface area contributed by atoms with Crippen LogP contribution in [0.1, 0.15) is 57.5 Å². The molecule has 1 aromatic rings. The Hall–Kier alpha value is -0.978. The van der Waals surface area contributed by atoms with Crippen molar-refractivity contribution >= 4 is 23.3 Å². The Balaban J connectivity index is 0.00000324. The fourth-order valence-electron chi connectivity index (χ4n) is 1.71. The van der Waals surface area contributed by atoms with E-state index in [1.54, 1.807) is 12.1 Å². The molecule has 103 valence electrons. The molecule has 0 heterocycles. The quantitative estimate of drug-likeness (QED) is 0.842. The van der Waals surface area contributed by atoms with Gasteiger partial charge in [-0.1, -0.05) is 32.9 Å². The van der Waals surface area contributed by atoms with Gasteiger partial charge in [0.15, 0.2) is 0 Å². The maximum Gasteiger partial charge on any atom is 0.339 e. The zero-order valence-corrected chi connectivity index (χ0v) is 13.7. The van der Waals surface area contributed by atoms with Crippen LogP contribution in [0.25, 0.3) is 0 Å². The lowest BCUT2D eigenvalue weighted by atomic mass is 9.85. The minimum Gasteiger partial charge on any atom is -0.487 e. The van der Waals surface area contributed by atoms with E-state index in [0.29, 0.717) is 5.75 Å². The third-order valence-corrected chi connectivity index (χ3v) is 2.46. The van der Waals surface area contributed by atoms with Crippen LogP contribution in [-0.4, -0.2) is 34.0 Å². The molecule has 0 aliphatic rings. The molecule has 0 spiro atoms. The van der Waals surface area contributed by atoms with Crippen molar-refractivity contribution < 1.29 is 14.6 Å². The summed E-state index contributed by atoms with van der Waals surface area (Å²) >= 11 is 0. The smallest absolute Gasteiger partial charge is 0.339 e. The third-order valence-electron chi connectivity index (χ3n) is 2.46. The fourth-order valence-corrected chi connectivity index (χ4v) is 1.71. The summed E-state index contributed by atoms with van der Waals surface area (Å²) in [5, 5.41) is 9.27. The predicted octanol–water partition coefficient (Wildman–Crippen LogP) is 3.48. The number of para-hydroxylation sites is 1. The molecular weight excluding hydrogens is 255 g/mol. The van der Waals surface area contributed by atoms with Crippen LogP contribution in [0, 0.1) is 0 Å². The predicted molar refractivity (Wildman–Crippen MR) is 78.2 cm³/mol. The van der Waals surface area contributed by atoms with E-state index in [0.717, 1.165) is 5.56 Å². The van der Waals surface area contributed by atoms with E-state index in [-0.39, 0.29) is 28.3 Å². The van der Waals surface area contributed by atoms with Crippen LogP contribution in [-0.2, 0) is 5.41 Å². The molecule has 19 heavy (non-hydrogen) atoms. The molecule has 0 saturated heterocycles. The van der Waals surface area contributed by atoms with Crippen LogP contribution >= 0.6 is 0 Å². The molecule has 1 aromatic carbocycles. The van der Waals surface area contributed by atoms with Crippen molar-refractivity contribution in [2.75, 3.05) is 0 Å². The average molecular weight is 277 g/mol. The second kappa shape index (κ2) is 5.98. The van der Waals surface area contributed by atoms with E-state index in [9.17, 15) is 9.90 Å². The van der Waals surface area contributed by atoms with Crippen LogP contribution in [0.15, 0.2) is 18.2 Å². The highest BCUT2D eigenvalue weighted by molar-refractivity contribution is 5.91. The van der Waals surface area contributed by atoms with Crippen molar-refractivity contribution in [1.82, 2.24) is 0 Å². The number of rotatable bonds is 2. The molecule has 3 nitrogen and oxygen atoms in total. The van der Waals surface area contributed by atoms with Crippen molar-refractivity contribution in [2.45, 2.75) is 52.6 Å². The van der Waals surface area contributed by atoms with Crippen molar-refractivity contribution in [3.8, 4) is 5.75 Å². The highest BCUT2D eigenvalue weighted by Crippen LogP contribution is 2.36. The molecule has 4 heteroatoms. The third kappa shape index (κ3) is 4.89. The van der Waals surface area contributed by atoms with Gasteiger partial charge in [-0.2, -0.15) is 0 Å². The topological polar surface area (TPSA) is 46.5 Å². The van der Waals surface area contributed by atoms with Crippen LogP contribution in [0.5, 0.6) is 5.75 Å². The van der Waals surface area contributed by atoms with E-state index in [1.165, 1.54) is 0 Å². The summed E-state index contributed by atoms with van der Waals surface area (Å²) in [6, 6.07) is 5.27. The molecule has 0 aliphatic carbocycles. The van der Waals surface area contributed by atoms with Crippen molar-refractivity contribution in [1.29, 1.82) is 0 Å². The summed E-state index contributed by atoms with van der Waals surface area (Å²) in [5.74, 6) is -0.481. The molecule has 0 fully saturated rings. The Kier molecular flexibility index (Phi) is 5.68. The first-order chi connectivity index (χ1) is 8.02. The van der Waals surface area contributed by atoms with Gasteiger partial charge in [0.1, 0.15) is 16.9 Å². The Morgan fingerprint density at radius 2 is 1.63 bits per heavy atom. The second-order valence-corrected chi connectivity index (χ2v) is 6.45. The van der Waals surface area contributed by atoms with Crippen LogP contribution in [0.2, 0.25) is 0 Å². The van der Waals surface area contributed by atoms with E-state index >= 15 is 0 Å². The van der Waals surface area contributed by atoms with Crippen molar-refractivity contribution in [3.05, 3.63) is 29.3 Å². The van der Waals surface area contributed by atoms with E-state index in [4.69, 9.17) is 4.74 Å². The standard InChI is InChI=1S/C15H22O3.Al/c1-14(2,3)11-9-7-8-10(13(16)17)12(11)18-15(4,5)6;/h7-9H,1-6H3,(H,16,17);. The number of hydrogen-bond donors (Lipinski definition) is 1. The van der Waals surface area contributed by atoms with E-state index < -0.39 is 11.6 Å². The molecule has 0 saturated carbocycles.